The molecule has 0 saturated heterocycles. The number of nitriles is 1. The number of nitrogens with zero attached hydrogens (tertiary/aromatic N) is 1. The number of benzene rings is 1. The first-order chi connectivity index (χ1) is 12.1. The number of rotatable bonds is 3. The van der Waals surface area contributed by atoms with Crippen LogP contribution in [0.4, 0.5) is 0 Å². The Morgan fingerprint density at radius 3 is 2.36 bits per heavy atom. The van der Waals surface area contributed by atoms with E-state index in [0.717, 1.165) is 48.6 Å². The SMILES string of the molecule is N#CC1(NC(=O)Cc2cc3c(cc2Br)OCCO3)CCCCCCC1. The molecule has 0 atom stereocenters. The molecule has 6 heteroatoms. The van der Waals surface area contributed by atoms with E-state index in [1.165, 1.54) is 6.42 Å². The minimum atomic E-state index is -0.724. The molecule has 0 spiro atoms. The largest absolute Gasteiger partial charge is 0.486 e. The van der Waals surface area contributed by atoms with Gasteiger partial charge in [-0.05, 0) is 30.5 Å². The number of carbonyl (C=O) groups is 1. The molecule has 0 radical (unpaired) electrons. The van der Waals surface area contributed by atoms with E-state index in [4.69, 9.17) is 9.47 Å². The van der Waals surface area contributed by atoms with Crippen LogP contribution in [0.5, 0.6) is 11.5 Å². The van der Waals surface area contributed by atoms with Crippen molar-refractivity contribution in [3.8, 4) is 17.6 Å². The Morgan fingerprint density at radius 1 is 1.12 bits per heavy atom. The molecule has 1 aromatic carbocycles. The Hall–Kier alpha value is -1.74. The fourth-order valence-corrected chi connectivity index (χ4v) is 3.96. The zero-order valence-electron chi connectivity index (χ0n) is 14.3. The Bertz CT molecular complexity index is 676. The highest BCUT2D eigenvalue weighted by molar-refractivity contribution is 9.10. The van der Waals surface area contributed by atoms with E-state index >= 15 is 0 Å². The third kappa shape index (κ3) is 4.46. The Balaban J connectivity index is 1.70. The van der Waals surface area contributed by atoms with E-state index < -0.39 is 5.54 Å². The summed E-state index contributed by atoms with van der Waals surface area (Å²) in [6.07, 6.45) is 7.14. The second-order valence-corrected chi connectivity index (χ2v) is 7.63. The smallest absolute Gasteiger partial charge is 0.225 e. The highest BCUT2D eigenvalue weighted by atomic mass is 79.9. The van der Waals surface area contributed by atoms with E-state index in [1.54, 1.807) is 0 Å². The molecule has 1 N–H and O–H groups in total. The molecule has 1 aromatic rings. The number of nitrogens with one attached hydrogen (secondary N) is 1. The van der Waals surface area contributed by atoms with E-state index in [0.29, 0.717) is 24.7 Å². The van der Waals surface area contributed by atoms with Gasteiger partial charge in [-0.15, -0.1) is 0 Å². The quantitative estimate of drug-likeness (QED) is 0.826. The highest BCUT2D eigenvalue weighted by Gasteiger charge is 2.32. The van der Waals surface area contributed by atoms with Crippen molar-refractivity contribution >= 4 is 21.8 Å². The Kier molecular flexibility index (Phi) is 5.85. The summed E-state index contributed by atoms with van der Waals surface area (Å²) >= 11 is 3.50. The second-order valence-electron chi connectivity index (χ2n) is 6.77. The summed E-state index contributed by atoms with van der Waals surface area (Å²) in [6.45, 7) is 1.04. The van der Waals surface area contributed by atoms with Crippen molar-refractivity contribution in [2.24, 2.45) is 0 Å². The van der Waals surface area contributed by atoms with Gasteiger partial charge in [-0.25, -0.2) is 0 Å². The van der Waals surface area contributed by atoms with Crippen LogP contribution in [0.3, 0.4) is 0 Å². The third-order valence-electron chi connectivity index (χ3n) is 4.86. The van der Waals surface area contributed by atoms with Gasteiger partial charge in [0.2, 0.25) is 5.91 Å². The summed E-state index contributed by atoms with van der Waals surface area (Å²) in [5.41, 5.74) is 0.110. The van der Waals surface area contributed by atoms with Crippen LogP contribution in [0.25, 0.3) is 0 Å². The lowest BCUT2D eigenvalue weighted by atomic mass is 9.85. The van der Waals surface area contributed by atoms with Crippen molar-refractivity contribution in [2.75, 3.05) is 13.2 Å². The van der Waals surface area contributed by atoms with Crippen LogP contribution >= 0.6 is 15.9 Å². The summed E-state index contributed by atoms with van der Waals surface area (Å²) in [5.74, 6) is 1.23. The topological polar surface area (TPSA) is 71.4 Å². The standard InChI is InChI=1S/C19H23BrN2O3/c20-15-12-17-16(24-8-9-25-17)10-14(15)11-18(23)22-19(13-21)6-4-2-1-3-5-7-19/h10,12H,1-9,11H2,(H,22,23). The Morgan fingerprint density at radius 2 is 1.72 bits per heavy atom. The molecule has 1 fully saturated rings. The van der Waals surface area contributed by atoms with Crippen LogP contribution in [0.2, 0.25) is 0 Å². The first-order valence-electron chi connectivity index (χ1n) is 8.92. The molecular formula is C19H23BrN2O3. The zero-order valence-corrected chi connectivity index (χ0v) is 15.9. The summed E-state index contributed by atoms with van der Waals surface area (Å²) in [7, 11) is 0. The number of ether oxygens (including phenoxy) is 2. The summed E-state index contributed by atoms with van der Waals surface area (Å²) < 4.78 is 12.0. The van der Waals surface area contributed by atoms with Gasteiger partial charge in [0, 0.05) is 4.47 Å². The Labute approximate surface area is 156 Å². The normalized spacial score (nSPS) is 19.2. The number of hydrogen-bond donors (Lipinski definition) is 1. The van der Waals surface area contributed by atoms with Gasteiger partial charge in [0.1, 0.15) is 18.8 Å². The number of fused-ring (bicyclic) bond motifs is 1. The molecule has 25 heavy (non-hydrogen) atoms. The lowest BCUT2D eigenvalue weighted by Gasteiger charge is -2.30. The maximum absolute atomic E-state index is 12.6. The predicted molar refractivity (Wildman–Crippen MR) is 97.6 cm³/mol. The van der Waals surface area contributed by atoms with Crippen molar-refractivity contribution in [3.63, 3.8) is 0 Å². The molecule has 1 amide bonds. The van der Waals surface area contributed by atoms with Gasteiger partial charge in [-0.1, -0.05) is 48.0 Å². The number of hydrogen-bond acceptors (Lipinski definition) is 4. The third-order valence-corrected chi connectivity index (χ3v) is 5.60. The van der Waals surface area contributed by atoms with Crippen molar-refractivity contribution in [1.82, 2.24) is 5.32 Å². The molecule has 5 nitrogen and oxygen atoms in total. The summed E-state index contributed by atoms with van der Waals surface area (Å²) in [4.78, 5) is 12.6. The first-order valence-corrected chi connectivity index (χ1v) is 9.71. The highest BCUT2D eigenvalue weighted by Crippen LogP contribution is 2.36. The minimum Gasteiger partial charge on any atom is -0.486 e. The number of amides is 1. The van der Waals surface area contributed by atoms with Crippen molar-refractivity contribution in [1.29, 1.82) is 5.26 Å². The van der Waals surface area contributed by atoms with Crippen molar-refractivity contribution < 1.29 is 14.3 Å². The van der Waals surface area contributed by atoms with Gasteiger partial charge in [-0.2, -0.15) is 5.26 Å². The zero-order chi connectivity index (χ0) is 17.7. The lowest BCUT2D eigenvalue weighted by Crippen LogP contribution is -2.48. The molecule has 134 valence electrons. The molecule has 0 aromatic heterocycles. The average molecular weight is 407 g/mol. The average Bonchev–Trinajstić information content (AvgIpc) is 2.58. The number of carbonyl (C=O) groups excluding carboxylic acids is 1. The van der Waals surface area contributed by atoms with Gasteiger partial charge in [-0.3, -0.25) is 4.79 Å². The predicted octanol–water partition coefficient (Wildman–Crippen LogP) is 3.89. The molecule has 1 heterocycles. The van der Waals surface area contributed by atoms with Gasteiger partial charge in [0.05, 0.1) is 12.5 Å². The first kappa shape index (κ1) is 18.1. The molecule has 0 bridgehead atoms. The van der Waals surface area contributed by atoms with E-state index in [-0.39, 0.29) is 12.3 Å². The molecule has 1 aliphatic carbocycles. The summed E-state index contributed by atoms with van der Waals surface area (Å²) in [6, 6.07) is 6.06. The van der Waals surface area contributed by atoms with E-state index in [9.17, 15) is 10.1 Å². The van der Waals surface area contributed by atoms with E-state index in [2.05, 4.69) is 27.3 Å². The van der Waals surface area contributed by atoms with Gasteiger partial charge in [0.25, 0.3) is 0 Å². The van der Waals surface area contributed by atoms with Crippen molar-refractivity contribution in [3.05, 3.63) is 22.2 Å². The minimum absolute atomic E-state index is 0.125. The monoisotopic (exact) mass is 406 g/mol. The molecule has 2 aliphatic rings. The molecular weight excluding hydrogens is 384 g/mol. The molecule has 1 aliphatic heterocycles. The fourth-order valence-electron chi connectivity index (χ4n) is 3.50. The maximum Gasteiger partial charge on any atom is 0.225 e. The van der Waals surface area contributed by atoms with Gasteiger partial charge < -0.3 is 14.8 Å². The fraction of sp³-hybridized carbons (Fsp3) is 0.579. The lowest BCUT2D eigenvalue weighted by molar-refractivity contribution is -0.122. The van der Waals surface area contributed by atoms with Crippen LogP contribution in [0.15, 0.2) is 16.6 Å². The van der Waals surface area contributed by atoms with Crippen molar-refractivity contribution in [2.45, 2.75) is 56.9 Å². The van der Waals surface area contributed by atoms with Crippen LogP contribution in [-0.2, 0) is 11.2 Å². The maximum atomic E-state index is 12.6. The second kappa shape index (κ2) is 8.09. The van der Waals surface area contributed by atoms with Crippen LogP contribution in [0, 0.1) is 11.3 Å². The molecule has 0 unspecified atom stereocenters. The number of halogens is 1. The van der Waals surface area contributed by atoms with E-state index in [1.807, 2.05) is 12.1 Å². The summed E-state index contributed by atoms with van der Waals surface area (Å²) in [5, 5.41) is 12.7. The van der Waals surface area contributed by atoms with Crippen LogP contribution in [0.1, 0.15) is 50.5 Å². The van der Waals surface area contributed by atoms with Gasteiger partial charge in [0.15, 0.2) is 11.5 Å². The van der Waals surface area contributed by atoms with Crippen LogP contribution < -0.4 is 14.8 Å². The van der Waals surface area contributed by atoms with Crippen LogP contribution in [-0.4, -0.2) is 24.7 Å². The van der Waals surface area contributed by atoms with Gasteiger partial charge >= 0.3 is 0 Å². The molecule has 3 rings (SSSR count). The molecule has 1 saturated carbocycles.